The van der Waals surface area contributed by atoms with Crippen LogP contribution in [0.25, 0.3) is 0 Å². The molecule has 2 aromatic heterocycles. The van der Waals surface area contributed by atoms with Crippen molar-refractivity contribution in [2.24, 2.45) is 0 Å². The van der Waals surface area contributed by atoms with Crippen molar-refractivity contribution in [2.75, 3.05) is 5.32 Å². The highest BCUT2D eigenvalue weighted by Crippen LogP contribution is 2.10. The summed E-state index contributed by atoms with van der Waals surface area (Å²) in [5.74, 6) is -1.46. The fourth-order valence-corrected chi connectivity index (χ4v) is 1.31. The van der Waals surface area contributed by atoms with Gasteiger partial charge in [0.2, 0.25) is 5.91 Å². The van der Waals surface area contributed by atoms with Crippen molar-refractivity contribution < 1.29 is 14.7 Å². The molecule has 9 heteroatoms. The number of tetrazole rings is 1. The topological polar surface area (TPSA) is 123 Å². The van der Waals surface area contributed by atoms with Crippen molar-refractivity contribution in [1.82, 2.24) is 25.2 Å². The van der Waals surface area contributed by atoms with E-state index >= 15 is 0 Å². The molecule has 19 heavy (non-hydrogen) atoms. The first-order valence-electron chi connectivity index (χ1n) is 5.30. The molecule has 98 valence electrons. The van der Waals surface area contributed by atoms with Crippen LogP contribution in [-0.4, -0.2) is 42.2 Å². The summed E-state index contributed by atoms with van der Waals surface area (Å²) in [5, 5.41) is 21.8. The molecule has 0 fully saturated rings. The Labute approximate surface area is 107 Å². The number of carbonyl (C=O) groups excluding carboxylic acids is 1. The molecule has 0 spiro atoms. The van der Waals surface area contributed by atoms with Crippen LogP contribution in [0.3, 0.4) is 0 Å². The van der Waals surface area contributed by atoms with Crippen LogP contribution in [0.2, 0.25) is 0 Å². The van der Waals surface area contributed by atoms with Crippen molar-refractivity contribution >= 4 is 17.6 Å². The first-order chi connectivity index (χ1) is 9.08. The van der Waals surface area contributed by atoms with Crippen molar-refractivity contribution in [3.8, 4) is 0 Å². The predicted molar refractivity (Wildman–Crippen MR) is 62.4 cm³/mol. The highest BCUT2D eigenvalue weighted by atomic mass is 16.4. The first-order valence-corrected chi connectivity index (χ1v) is 5.30. The summed E-state index contributed by atoms with van der Waals surface area (Å²) in [5.41, 5.74) is 0.307. The molecule has 0 aliphatic carbocycles. The fraction of sp³-hybridized carbons (Fsp3) is 0.200. The van der Waals surface area contributed by atoms with Crippen LogP contribution < -0.4 is 5.32 Å². The van der Waals surface area contributed by atoms with Crippen LogP contribution in [0.5, 0.6) is 0 Å². The summed E-state index contributed by atoms with van der Waals surface area (Å²) >= 11 is 0. The number of anilines is 1. The van der Waals surface area contributed by atoms with Crippen molar-refractivity contribution in [1.29, 1.82) is 0 Å². The van der Waals surface area contributed by atoms with E-state index in [1.807, 2.05) is 0 Å². The molecule has 0 aliphatic rings. The quantitative estimate of drug-likeness (QED) is 0.792. The molecule has 0 radical (unpaired) electrons. The van der Waals surface area contributed by atoms with Gasteiger partial charge in [0.25, 0.3) is 0 Å². The Bertz CT molecular complexity index is 580. The smallest absolute Gasteiger partial charge is 0.354 e. The van der Waals surface area contributed by atoms with Crippen molar-refractivity contribution in [2.45, 2.75) is 13.0 Å². The van der Waals surface area contributed by atoms with Crippen LogP contribution in [-0.2, 0) is 4.79 Å². The van der Waals surface area contributed by atoms with Gasteiger partial charge in [-0.1, -0.05) is 0 Å². The molecular weight excluding hydrogens is 252 g/mol. The zero-order valence-electron chi connectivity index (χ0n) is 9.89. The Morgan fingerprint density at radius 2 is 2.21 bits per heavy atom. The van der Waals surface area contributed by atoms with E-state index in [1.54, 1.807) is 6.92 Å². The minimum Gasteiger partial charge on any atom is -0.477 e. The monoisotopic (exact) mass is 262 g/mol. The normalized spacial score (nSPS) is 11.8. The maximum absolute atomic E-state index is 11.9. The molecule has 2 aromatic rings. The number of pyridine rings is 1. The van der Waals surface area contributed by atoms with Gasteiger partial charge in [-0.2, -0.15) is 0 Å². The third-order valence-electron chi connectivity index (χ3n) is 2.39. The maximum atomic E-state index is 11.9. The third kappa shape index (κ3) is 2.89. The molecule has 0 aromatic carbocycles. The van der Waals surface area contributed by atoms with Crippen LogP contribution in [0.1, 0.15) is 23.5 Å². The second kappa shape index (κ2) is 5.21. The number of nitrogens with zero attached hydrogens (tertiary/aromatic N) is 5. The average Bonchev–Trinajstić information content (AvgIpc) is 2.92. The largest absolute Gasteiger partial charge is 0.477 e. The summed E-state index contributed by atoms with van der Waals surface area (Å²) in [4.78, 5) is 26.2. The van der Waals surface area contributed by atoms with Gasteiger partial charge in [-0.15, -0.1) is 5.10 Å². The minimum atomic E-state index is -1.13. The number of aromatic carboxylic acids is 1. The molecule has 0 unspecified atom stereocenters. The van der Waals surface area contributed by atoms with Gasteiger partial charge in [0, 0.05) is 0 Å². The summed E-state index contributed by atoms with van der Waals surface area (Å²) in [6, 6.07) is 2.18. The van der Waals surface area contributed by atoms with Crippen LogP contribution >= 0.6 is 0 Å². The number of rotatable bonds is 4. The maximum Gasteiger partial charge on any atom is 0.354 e. The lowest BCUT2D eigenvalue weighted by Crippen LogP contribution is -2.24. The number of aromatic nitrogens is 5. The Kier molecular flexibility index (Phi) is 3.46. The zero-order chi connectivity index (χ0) is 13.8. The van der Waals surface area contributed by atoms with Crippen LogP contribution in [0.15, 0.2) is 24.7 Å². The number of carboxylic acid groups (broad SMARTS) is 1. The van der Waals surface area contributed by atoms with Gasteiger partial charge >= 0.3 is 5.97 Å². The van der Waals surface area contributed by atoms with Gasteiger partial charge in [-0.25, -0.2) is 14.5 Å². The van der Waals surface area contributed by atoms with Crippen LogP contribution in [0.4, 0.5) is 5.69 Å². The molecule has 0 bridgehead atoms. The molecular formula is C10H10N6O3. The Balaban J connectivity index is 2.04. The van der Waals surface area contributed by atoms with Gasteiger partial charge in [0.1, 0.15) is 18.1 Å². The predicted octanol–water partition coefficient (Wildman–Crippen LogP) is -0.0340. The van der Waals surface area contributed by atoms with E-state index in [2.05, 4.69) is 25.8 Å². The van der Waals surface area contributed by atoms with Gasteiger partial charge in [-0.3, -0.25) is 4.79 Å². The van der Waals surface area contributed by atoms with E-state index in [-0.39, 0.29) is 11.6 Å². The molecule has 1 amide bonds. The summed E-state index contributed by atoms with van der Waals surface area (Å²) in [6.07, 6.45) is 2.60. The van der Waals surface area contributed by atoms with E-state index in [9.17, 15) is 9.59 Å². The number of amides is 1. The lowest BCUT2D eigenvalue weighted by atomic mass is 10.3. The number of carboxylic acids is 1. The number of hydrogen-bond acceptors (Lipinski definition) is 6. The first kappa shape index (κ1) is 12.6. The van der Waals surface area contributed by atoms with Gasteiger partial charge < -0.3 is 10.4 Å². The molecule has 0 saturated heterocycles. The van der Waals surface area contributed by atoms with Crippen molar-refractivity contribution in [3.63, 3.8) is 0 Å². The lowest BCUT2D eigenvalue weighted by Gasteiger charge is -2.11. The summed E-state index contributed by atoms with van der Waals surface area (Å²) in [6.45, 7) is 1.63. The number of hydrogen-bond donors (Lipinski definition) is 2. The Morgan fingerprint density at radius 3 is 2.74 bits per heavy atom. The molecule has 0 aliphatic heterocycles. The van der Waals surface area contributed by atoms with E-state index in [1.165, 1.54) is 29.3 Å². The van der Waals surface area contributed by atoms with E-state index in [4.69, 9.17) is 5.11 Å². The number of carbonyl (C=O) groups is 2. The minimum absolute atomic E-state index is 0.0912. The standard InChI is InChI=1S/C10H10N6O3/c1-6(16-5-12-14-15-16)9(17)13-7-2-3-8(10(18)19)11-4-7/h2-6H,1H3,(H,13,17)(H,18,19)/t6-/m0/s1. The molecule has 2 rings (SSSR count). The average molecular weight is 262 g/mol. The summed E-state index contributed by atoms with van der Waals surface area (Å²) < 4.78 is 1.30. The SMILES string of the molecule is C[C@@H](C(=O)Nc1ccc(C(=O)O)nc1)n1cnnn1. The molecule has 2 N–H and O–H groups in total. The second-order valence-corrected chi connectivity index (χ2v) is 3.69. The molecule has 1 atom stereocenters. The second-order valence-electron chi connectivity index (χ2n) is 3.69. The molecule has 0 saturated carbocycles. The fourth-order valence-electron chi connectivity index (χ4n) is 1.31. The zero-order valence-corrected chi connectivity index (χ0v) is 9.89. The molecule has 2 heterocycles. The van der Waals surface area contributed by atoms with Crippen molar-refractivity contribution in [3.05, 3.63) is 30.4 Å². The van der Waals surface area contributed by atoms with Gasteiger partial charge in [-0.05, 0) is 29.5 Å². The summed E-state index contributed by atoms with van der Waals surface area (Å²) in [7, 11) is 0. The number of nitrogens with one attached hydrogen (secondary N) is 1. The third-order valence-corrected chi connectivity index (χ3v) is 2.39. The lowest BCUT2D eigenvalue weighted by molar-refractivity contribution is -0.119. The van der Waals surface area contributed by atoms with E-state index < -0.39 is 12.0 Å². The Morgan fingerprint density at radius 1 is 1.42 bits per heavy atom. The van der Waals surface area contributed by atoms with Gasteiger partial charge in [0.15, 0.2) is 0 Å². The van der Waals surface area contributed by atoms with E-state index in [0.29, 0.717) is 5.69 Å². The highest BCUT2D eigenvalue weighted by Gasteiger charge is 2.16. The van der Waals surface area contributed by atoms with E-state index in [0.717, 1.165) is 0 Å². The molecule has 9 nitrogen and oxygen atoms in total. The van der Waals surface area contributed by atoms with Gasteiger partial charge in [0.05, 0.1) is 11.9 Å². The highest BCUT2D eigenvalue weighted by molar-refractivity contribution is 5.93. The van der Waals surface area contributed by atoms with Crippen LogP contribution in [0, 0.1) is 0 Å². The Hall–Kier alpha value is -2.84.